The Hall–Kier alpha value is -4.28. The molecule has 2 N–H and O–H groups in total. The Bertz CT molecular complexity index is 1650. The fourth-order valence-electron chi connectivity index (χ4n) is 5.18. The molecule has 2 atom stereocenters. The summed E-state index contributed by atoms with van der Waals surface area (Å²) in [6, 6.07) is 4.49. The van der Waals surface area contributed by atoms with E-state index in [1.807, 2.05) is 13.8 Å². The molecule has 11 heteroatoms. The van der Waals surface area contributed by atoms with E-state index in [2.05, 4.69) is 10.6 Å². The van der Waals surface area contributed by atoms with Gasteiger partial charge in [-0.1, -0.05) is 19.1 Å². The number of rotatable bonds is 9. The minimum absolute atomic E-state index is 0.0207. The van der Waals surface area contributed by atoms with Crippen LogP contribution in [0.5, 0.6) is 5.75 Å². The molecule has 224 valence electrons. The van der Waals surface area contributed by atoms with Gasteiger partial charge in [-0.2, -0.15) is 0 Å². The van der Waals surface area contributed by atoms with Gasteiger partial charge in [0.2, 0.25) is 0 Å². The lowest BCUT2D eigenvalue weighted by molar-refractivity contribution is -0.118. The molecule has 0 spiro atoms. The van der Waals surface area contributed by atoms with Gasteiger partial charge in [-0.15, -0.1) is 0 Å². The van der Waals surface area contributed by atoms with Crippen LogP contribution < -0.4 is 26.6 Å². The van der Waals surface area contributed by atoms with Crippen molar-refractivity contribution in [3.8, 4) is 16.9 Å². The van der Waals surface area contributed by atoms with Crippen LogP contribution in [0.1, 0.15) is 60.8 Å². The molecule has 1 aliphatic heterocycles. The van der Waals surface area contributed by atoms with Crippen molar-refractivity contribution in [1.29, 1.82) is 0 Å². The molecule has 0 aliphatic carbocycles. The van der Waals surface area contributed by atoms with Crippen LogP contribution in [-0.4, -0.2) is 39.5 Å². The number of fused-ring (bicyclic) bond motifs is 1. The van der Waals surface area contributed by atoms with Crippen molar-refractivity contribution < 1.29 is 23.1 Å². The molecule has 0 fully saturated rings. The third-order valence-corrected chi connectivity index (χ3v) is 7.92. The van der Waals surface area contributed by atoms with E-state index >= 15 is 0 Å². The van der Waals surface area contributed by atoms with Crippen molar-refractivity contribution in [2.75, 3.05) is 11.9 Å². The molecule has 0 saturated heterocycles. The largest absolute Gasteiger partial charge is 0.493 e. The van der Waals surface area contributed by atoms with Gasteiger partial charge in [-0.3, -0.25) is 19.0 Å². The highest BCUT2D eigenvalue weighted by atomic mass is 19.1. The normalized spacial score (nSPS) is 14.0. The number of ketones is 1. The quantitative estimate of drug-likeness (QED) is 0.397. The van der Waals surface area contributed by atoms with Gasteiger partial charge in [0.05, 0.1) is 18.2 Å². The molecule has 0 unspecified atom stereocenters. The van der Waals surface area contributed by atoms with E-state index in [1.54, 1.807) is 26.1 Å². The number of anilines is 1. The third kappa shape index (κ3) is 5.86. The Morgan fingerprint density at radius 1 is 1.10 bits per heavy atom. The van der Waals surface area contributed by atoms with Crippen LogP contribution in [0.3, 0.4) is 0 Å². The van der Waals surface area contributed by atoms with Gasteiger partial charge in [-0.05, 0) is 63.3 Å². The Balaban J connectivity index is 1.68. The van der Waals surface area contributed by atoms with Crippen LogP contribution in [0, 0.1) is 18.6 Å². The van der Waals surface area contributed by atoms with Gasteiger partial charge < -0.3 is 19.9 Å². The first-order valence-corrected chi connectivity index (χ1v) is 14.0. The number of ether oxygens (including phenoxy) is 1. The summed E-state index contributed by atoms with van der Waals surface area (Å²) in [4.78, 5) is 51.2. The highest BCUT2D eigenvalue weighted by Crippen LogP contribution is 2.38. The van der Waals surface area contributed by atoms with E-state index in [-0.39, 0.29) is 18.2 Å². The summed E-state index contributed by atoms with van der Waals surface area (Å²) in [5.41, 5.74) is 1.36. The number of aromatic nitrogens is 2. The third-order valence-electron chi connectivity index (χ3n) is 7.92. The van der Waals surface area contributed by atoms with Crippen molar-refractivity contribution >= 4 is 17.4 Å². The highest BCUT2D eigenvalue weighted by Gasteiger charge is 2.28. The molecule has 4 rings (SSSR count). The molecule has 2 heterocycles. The zero-order valence-corrected chi connectivity index (χ0v) is 24.7. The van der Waals surface area contributed by atoms with E-state index in [0.717, 1.165) is 28.7 Å². The summed E-state index contributed by atoms with van der Waals surface area (Å²) < 4.78 is 38.2. The fourth-order valence-corrected chi connectivity index (χ4v) is 5.18. The fraction of sp³-hybridized carbons (Fsp3) is 0.419. The lowest BCUT2D eigenvalue weighted by atomic mass is 9.89. The summed E-state index contributed by atoms with van der Waals surface area (Å²) in [6.07, 6.45) is 2.07. The molecule has 42 heavy (non-hydrogen) atoms. The van der Waals surface area contributed by atoms with Crippen molar-refractivity contribution in [3.63, 3.8) is 0 Å². The van der Waals surface area contributed by atoms with E-state index in [9.17, 15) is 28.0 Å². The number of hydrogen-bond donors (Lipinski definition) is 2. The average molecular weight is 583 g/mol. The number of nitrogens with zero attached hydrogens (tertiary/aromatic N) is 2. The number of carbonyl (C=O) groups excluding carboxylic acids is 2. The highest BCUT2D eigenvalue weighted by molar-refractivity contribution is 5.98. The lowest BCUT2D eigenvalue weighted by Gasteiger charge is -2.26. The SMILES string of the molecule is CC[C@H](C)Nc1cc(F)c(C(=O)N[C@@H](Cc2ccc(-c3c(C)n(C)c(=O)n(C)c3=O)c3c2CCCO3)C(C)=O)c(F)c1. The van der Waals surface area contributed by atoms with Gasteiger partial charge in [0.1, 0.15) is 22.9 Å². The maximum Gasteiger partial charge on any atom is 0.330 e. The zero-order valence-electron chi connectivity index (χ0n) is 24.7. The minimum Gasteiger partial charge on any atom is -0.493 e. The standard InChI is InChI=1S/C31H36F2N4O5/c1-7-16(2)34-20-14-23(32)27(24(33)15-20)29(39)35-25(18(4)38)13-19-10-11-22(28-21(19)9-8-12-42-28)26-17(3)36(5)31(41)37(6)30(26)40/h10-11,14-16,25,34H,7-9,12-13H2,1-6H3,(H,35,39)/t16-,25-/m0/s1. The molecule has 1 amide bonds. The van der Waals surface area contributed by atoms with Crippen LogP contribution >= 0.6 is 0 Å². The van der Waals surface area contributed by atoms with Crippen molar-refractivity contribution in [3.05, 3.63) is 79.1 Å². The van der Waals surface area contributed by atoms with Gasteiger partial charge in [0.25, 0.3) is 11.5 Å². The van der Waals surface area contributed by atoms with Crippen LogP contribution in [0.2, 0.25) is 0 Å². The Labute approximate surface area is 242 Å². The maximum atomic E-state index is 14.9. The number of benzene rings is 2. The molecular weight excluding hydrogens is 546 g/mol. The molecule has 9 nitrogen and oxygen atoms in total. The first kappa shape index (κ1) is 30.7. The van der Waals surface area contributed by atoms with Crippen LogP contribution in [0.15, 0.2) is 33.9 Å². The van der Waals surface area contributed by atoms with E-state index < -0.39 is 46.2 Å². The van der Waals surface area contributed by atoms with E-state index in [1.165, 1.54) is 18.5 Å². The molecule has 0 bridgehead atoms. The second-order valence-corrected chi connectivity index (χ2v) is 10.8. The number of amides is 1. The number of halogens is 2. The Morgan fingerprint density at radius 2 is 1.76 bits per heavy atom. The predicted octanol–water partition coefficient (Wildman–Crippen LogP) is 3.80. The van der Waals surface area contributed by atoms with Gasteiger partial charge >= 0.3 is 5.69 Å². The summed E-state index contributed by atoms with van der Waals surface area (Å²) in [7, 11) is 3.00. The van der Waals surface area contributed by atoms with Crippen LogP contribution in [-0.2, 0) is 31.7 Å². The van der Waals surface area contributed by atoms with Crippen LogP contribution in [0.25, 0.3) is 11.1 Å². The molecular formula is C31H36F2N4O5. The number of hydrogen-bond acceptors (Lipinski definition) is 6. The number of carbonyl (C=O) groups is 2. The average Bonchev–Trinajstić information content (AvgIpc) is 2.95. The summed E-state index contributed by atoms with van der Waals surface area (Å²) >= 11 is 0. The second-order valence-electron chi connectivity index (χ2n) is 10.8. The van der Waals surface area contributed by atoms with Gasteiger partial charge in [0, 0.05) is 43.5 Å². The topological polar surface area (TPSA) is 111 Å². The molecule has 2 aromatic carbocycles. The summed E-state index contributed by atoms with van der Waals surface area (Å²) in [6.45, 7) is 7.20. The smallest absolute Gasteiger partial charge is 0.330 e. The van der Waals surface area contributed by atoms with E-state index in [0.29, 0.717) is 47.6 Å². The molecule has 1 aliphatic rings. The number of Topliss-reactive ketones (excluding diaryl/α,β-unsaturated/α-hetero) is 1. The zero-order chi connectivity index (χ0) is 30.9. The lowest BCUT2D eigenvalue weighted by Crippen LogP contribution is -2.42. The molecule has 1 aromatic heterocycles. The van der Waals surface area contributed by atoms with Gasteiger partial charge in [-0.25, -0.2) is 13.6 Å². The first-order chi connectivity index (χ1) is 19.8. The summed E-state index contributed by atoms with van der Waals surface area (Å²) in [5, 5.41) is 5.48. The van der Waals surface area contributed by atoms with Gasteiger partial charge in [0.15, 0.2) is 5.78 Å². The second kappa shape index (κ2) is 12.3. The first-order valence-electron chi connectivity index (χ1n) is 14.0. The molecule has 0 saturated carbocycles. The van der Waals surface area contributed by atoms with Crippen molar-refractivity contribution in [2.45, 2.75) is 65.5 Å². The van der Waals surface area contributed by atoms with Crippen molar-refractivity contribution in [1.82, 2.24) is 14.5 Å². The Kier molecular flexibility index (Phi) is 8.98. The molecule has 3 aromatic rings. The van der Waals surface area contributed by atoms with Crippen molar-refractivity contribution in [2.24, 2.45) is 14.1 Å². The monoisotopic (exact) mass is 582 g/mol. The summed E-state index contributed by atoms with van der Waals surface area (Å²) in [5.74, 6) is -3.02. The predicted molar refractivity (Wildman–Crippen MR) is 156 cm³/mol. The minimum atomic E-state index is -1.07. The maximum absolute atomic E-state index is 14.9. The van der Waals surface area contributed by atoms with Crippen LogP contribution in [0.4, 0.5) is 14.5 Å². The molecule has 0 radical (unpaired) electrons. The Morgan fingerprint density at radius 3 is 2.38 bits per heavy atom. The number of nitrogens with one attached hydrogen (secondary N) is 2. The van der Waals surface area contributed by atoms with E-state index in [4.69, 9.17) is 4.74 Å².